The van der Waals surface area contributed by atoms with Gasteiger partial charge in [-0.2, -0.15) is 0 Å². The molecule has 186 valence electrons. The molecule has 0 aliphatic heterocycles. The van der Waals surface area contributed by atoms with Crippen molar-refractivity contribution < 1.29 is 24.2 Å². The number of ether oxygens (including phenoxy) is 1. The van der Waals surface area contributed by atoms with E-state index in [1.165, 1.54) is 40.9 Å². The predicted octanol–water partition coefficient (Wildman–Crippen LogP) is 8.45. The fourth-order valence-electron chi connectivity index (χ4n) is 5.91. The minimum Gasteiger partial charge on any atom is -0.147 e. The molecule has 0 radical (unpaired) electrons. The normalized spacial score (nSPS) is 20.0. The van der Waals surface area contributed by atoms with Crippen LogP contribution in [-0.4, -0.2) is 18.9 Å². The number of fused-ring (bicyclic) bond motifs is 2. The summed E-state index contributed by atoms with van der Waals surface area (Å²) in [5.41, 5.74) is 6.25. The third-order valence-corrected chi connectivity index (χ3v) is 37.6. The summed E-state index contributed by atoms with van der Waals surface area (Å²) in [5.74, 6) is 0. The van der Waals surface area contributed by atoms with E-state index in [0.717, 1.165) is 13.9 Å². The zero-order valence-electron chi connectivity index (χ0n) is 21.3. The van der Waals surface area contributed by atoms with E-state index < -0.39 is 19.4 Å². The van der Waals surface area contributed by atoms with Gasteiger partial charge in [-0.15, -0.1) is 24.8 Å². The Balaban J connectivity index is 0.00000204. The van der Waals surface area contributed by atoms with E-state index in [1.54, 1.807) is 11.1 Å². The summed E-state index contributed by atoms with van der Waals surface area (Å²) in [4.78, 5) is 0. The molecule has 0 bridgehead atoms. The third-order valence-electron chi connectivity index (χ3n) is 7.57. The van der Waals surface area contributed by atoms with E-state index in [1.807, 2.05) is 0 Å². The molecule has 2 unspecified atom stereocenters. The summed E-state index contributed by atoms with van der Waals surface area (Å²) in [5, 5.41) is 0. The van der Waals surface area contributed by atoms with Crippen LogP contribution in [-0.2, 0) is 24.2 Å². The second-order valence-corrected chi connectivity index (χ2v) is 34.7. The van der Waals surface area contributed by atoms with Crippen molar-refractivity contribution in [1.82, 2.24) is 0 Å². The van der Waals surface area contributed by atoms with E-state index in [2.05, 4.69) is 100 Å². The van der Waals surface area contributed by atoms with Gasteiger partial charge in [0.25, 0.3) is 0 Å². The summed E-state index contributed by atoms with van der Waals surface area (Å²) in [6.07, 6.45) is 15.4. The van der Waals surface area contributed by atoms with Crippen molar-refractivity contribution in [3.05, 3.63) is 82.9 Å². The number of unbranched alkanes of at least 4 members (excludes halogenated alkanes) is 3. The van der Waals surface area contributed by atoms with Gasteiger partial charge < -0.3 is 0 Å². The van der Waals surface area contributed by atoms with Crippen LogP contribution >= 0.6 is 24.8 Å². The largest absolute Gasteiger partial charge is 0.147 e. The molecule has 0 spiro atoms. The van der Waals surface area contributed by atoms with Gasteiger partial charge in [-0.05, 0) is 0 Å². The molecule has 0 heterocycles. The Morgan fingerprint density at radius 1 is 0.765 bits per heavy atom. The van der Waals surface area contributed by atoms with Crippen LogP contribution in [0.25, 0.3) is 12.2 Å². The SMILES string of the molecule is C[SiH2][Zr]([CH2]CCCCCOC(C)(C)C)([CH]1C=Cc2ccccc21)[CH]1C=Cc2ccccc21.Cl.Cl. The molecule has 2 atom stereocenters. The van der Waals surface area contributed by atoms with Crippen LogP contribution in [0, 0.1) is 0 Å². The Kier molecular flexibility index (Phi) is 11.6. The van der Waals surface area contributed by atoms with Gasteiger partial charge in [-0.25, -0.2) is 0 Å². The zero-order chi connectivity index (χ0) is 22.6. The van der Waals surface area contributed by atoms with Crippen molar-refractivity contribution in [2.75, 3.05) is 6.61 Å². The Labute approximate surface area is 225 Å². The first kappa shape index (κ1) is 29.8. The topological polar surface area (TPSA) is 9.23 Å². The monoisotopic (exact) mass is 594 g/mol. The molecule has 5 heteroatoms. The summed E-state index contributed by atoms with van der Waals surface area (Å²) in [7, 11) is 0. The maximum Gasteiger partial charge on any atom is -0.147 e. The fourth-order valence-corrected chi connectivity index (χ4v) is 33.3. The number of hydrogen-bond donors (Lipinski definition) is 0. The molecule has 4 rings (SSSR count). The van der Waals surface area contributed by atoms with Gasteiger partial charge >= 0.3 is 202 Å². The van der Waals surface area contributed by atoms with Crippen molar-refractivity contribution in [1.29, 1.82) is 0 Å². The quantitative estimate of drug-likeness (QED) is 0.198. The molecule has 2 aliphatic rings. The molecule has 2 aromatic rings. The predicted molar refractivity (Wildman–Crippen MR) is 154 cm³/mol. The molecule has 0 fully saturated rings. The van der Waals surface area contributed by atoms with Crippen LogP contribution in [0.2, 0.25) is 10.7 Å². The van der Waals surface area contributed by atoms with Crippen LogP contribution in [0.1, 0.15) is 76.0 Å². The van der Waals surface area contributed by atoms with Crippen molar-refractivity contribution in [2.45, 2.75) is 70.0 Å². The van der Waals surface area contributed by atoms with Gasteiger partial charge in [0.05, 0.1) is 0 Å². The van der Waals surface area contributed by atoms with Crippen molar-refractivity contribution in [3.8, 4) is 0 Å². The number of benzene rings is 2. The van der Waals surface area contributed by atoms with Gasteiger partial charge in [-0.3, -0.25) is 0 Å². The summed E-state index contributed by atoms with van der Waals surface area (Å²) in [6.45, 7) is 9.92. The standard InChI is InChI=1S/C10H21O.2C9H7.CH5Si.2ClH.Zr/c1-5-6-7-8-9-11-10(2,3)4;2*1-2-5-9-7-3-6-8(9)4-1;1-2;;;/h1,5-9H2,2-4H3;2*1-7H;2H2,1H3;2*1H;. The number of halogens is 2. The third kappa shape index (κ3) is 6.65. The molecule has 34 heavy (non-hydrogen) atoms. The van der Waals surface area contributed by atoms with Crippen LogP contribution in [0.5, 0.6) is 0 Å². The smallest absolute Gasteiger partial charge is 0.147 e. The molecule has 2 aliphatic carbocycles. The van der Waals surface area contributed by atoms with Crippen LogP contribution in [0.15, 0.2) is 60.7 Å². The first-order valence-corrected chi connectivity index (χ1v) is 24.5. The van der Waals surface area contributed by atoms with Gasteiger partial charge in [0.2, 0.25) is 0 Å². The second kappa shape index (κ2) is 13.2. The zero-order valence-corrected chi connectivity index (χ0v) is 26.8. The van der Waals surface area contributed by atoms with Gasteiger partial charge in [0, 0.05) is 0 Å². The van der Waals surface area contributed by atoms with E-state index in [0.29, 0.717) is 0 Å². The second-order valence-electron chi connectivity index (χ2n) is 10.6. The van der Waals surface area contributed by atoms with Crippen LogP contribution in [0.3, 0.4) is 0 Å². The molecule has 1 nitrogen and oxygen atoms in total. The van der Waals surface area contributed by atoms with Gasteiger partial charge in [0.15, 0.2) is 0 Å². The summed E-state index contributed by atoms with van der Waals surface area (Å²) >= 11 is -2.56. The van der Waals surface area contributed by atoms with E-state index in [9.17, 15) is 0 Å². The van der Waals surface area contributed by atoms with Crippen molar-refractivity contribution >= 4 is 43.6 Å². The Bertz CT molecular complexity index is 921. The van der Waals surface area contributed by atoms with Gasteiger partial charge in [-0.1, -0.05) is 0 Å². The molecular weight excluding hydrogens is 555 g/mol. The number of allylic oxidation sites excluding steroid dienone is 2. The van der Waals surface area contributed by atoms with E-state index in [-0.39, 0.29) is 37.1 Å². The van der Waals surface area contributed by atoms with Crippen molar-refractivity contribution in [2.24, 2.45) is 0 Å². The summed E-state index contributed by atoms with van der Waals surface area (Å²) < 4.78 is 8.98. The van der Waals surface area contributed by atoms with Gasteiger partial charge in [0.1, 0.15) is 0 Å². The first-order valence-electron chi connectivity index (χ1n) is 12.6. The van der Waals surface area contributed by atoms with Crippen molar-refractivity contribution in [3.63, 3.8) is 0 Å². The maximum atomic E-state index is 5.94. The van der Waals surface area contributed by atoms with Crippen LogP contribution < -0.4 is 0 Å². The molecule has 0 amide bonds. The molecule has 0 saturated carbocycles. The summed E-state index contributed by atoms with van der Waals surface area (Å²) in [6, 6.07) is 18.5. The first-order chi connectivity index (χ1) is 15.4. The Morgan fingerprint density at radius 2 is 1.26 bits per heavy atom. The average molecular weight is 597 g/mol. The average Bonchev–Trinajstić information content (AvgIpc) is 3.41. The molecular formula is C29H42Cl2OSiZr. The molecule has 2 aromatic carbocycles. The molecule has 0 aromatic heterocycles. The molecule has 0 saturated heterocycles. The van der Waals surface area contributed by atoms with E-state index >= 15 is 0 Å². The Hall–Kier alpha value is -0.440. The van der Waals surface area contributed by atoms with E-state index in [4.69, 9.17) is 4.74 Å². The minimum atomic E-state index is -2.56. The minimum absolute atomic E-state index is 0. The maximum absolute atomic E-state index is 5.94. The van der Waals surface area contributed by atoms with Crippen LogP contribution in [0.4, 0.5) is 0 Å². The molecule has 0 N–H and O–H groups in total. The Morgan fingerprint density at radius 3 is 1.76 bits per heavy atom. The fraction of sp³-hybridized carbons (Fsp3) is 0.448. The number of rotatable bonds is 10. The number of hydrogen-bond acceptors (Lipinski definition) is 1.